The SMILES string of the molecule is CC1=C(C(=O)OC2CCCC2)C(c2ccncc2)C2=C(CCCC2=O)N1. The van der Waals surface area contributed by atoms with Gasteiger partial charge in [-0.15, -0.1) is 0 Å². The van der Waals surface area contributed by atoms with Crippen LogP contribution in [-0.4, -0.2) is 22.8 Å². The Morgan fingerprint density at radius 2 is 1.88 bits per heavy atom. The second-order valence-electron chi connectivity index (χ2n) is 7.36. The summed E-state index contributed by atoms with van der Waals surface area (Å²) in [6.45, 7) is 1.91. The van der Waals surface area contributed by atoms with Crippen molar-refractivity contribution in [3.63, 3.8) is 0 Å². The van der Waals surface area contributed by atoms with Crippen LogP contribution in [0, 0.1) is 0 Å². The molecule has 26 heavy (non-hydrogen) atoms. The molecule has 4 rings (SSSR count). The van der Waals surface area contributed by atoms with Crippen LogP contribution in [0.15, 0.2) is 47.1 Å². The highest BCUT2D eigenvalue weighted by Crippen LogP contribution is 2.42. The zero-order valence-electron chi connectivity index (χ0n) is 15.1. The Morgan fingerprint density at radius 3 is 2.62 bits per heavy atom. The molecule has 1 atom stereocenters. The Balaban J connectivity index is 1.75. The number of rotatable bonds is 3. The van der Waals surface area contributed by atoms with Crippen LogP contribution < -0.4 is 5.32 Å². The van der Waals surface area contributed by atoms with E-state index in [9.17, 15) is 9.59 Å². The maximum atomic E-state index is 13.1. The van der Waals surface area contributed by atoms with Gasteiger partial charge in [-0.05, 0) is 63.1 Å². The Bertz CT molecular complexity index is 789. The van der Waals surface area contributed by atoms with Crippen LogP contribution in [0.25, 0.3) is 0 Å². The van der Waals surface area contributed by atoms with Gasteiger partial charge in [-0.1, -0.05) is 0 Å². The number of Topliss-reactive ketones (excluding diaryl/α,β-unsaturated/α-hetero) is 1. The number of ether oxygens (including phenoxy) is 1. The summed E-state index contributed by atoms with van der Waals surface area (Å²) in [5.74, 6) is -0.538. The minimum Gasteiger partial charge on any atom is -0.459 e. The Kier molecular flexibility index (Phi) is 4.62. The number of aromatic nitrogens is 1. The van der Waals surface area contributed by atoms with Crippen molar-refractivity contribution < 1.29 is 14.3 Å². The standard InChI is InChI=1S/C21H24N2O3/c1-13-18(21(25)26-15-5-2-3-6-15)19(14-9-11-22-12-10-14)20-16(23-13)7-4-8-17(20)24/h9-12,15,19,23H,2-8H2,1H3. The summed E-state index contributed by atoms with van der Waals surface area (Å²) in [4.78, 5) is 29.9. The number of nitrogens with one attached hydrogen (secondary N) is 1. The molecule has 1 unspecified atom stereocenters. The molecule has 2 aliphatic carbocycles. The number of hydrogen-bond acceptors (Lipinski definition) is 5. The van der Waals surface area contributed by atoms with E-state index in [2.05, 4.69) is 10.3 Å². The van der Waals surface area contributed by atoms with Gasteiger partial charge < -0.3 is 10.1 Å². The Labute approximate surface area is 153 Å². The zero-order valence-corrected chi connectivity index (χ0v) is 15.1. The third-order valence-electron chi connectivity index (χ3n) is 5.61. The first-order chi connectivity index (χ1) is 12.6. The summed E-state index contributed by atoms with van der Waals surface area (Å²) in [7, 11) is 0. The van der Waals surface area contributed by atoms with Crippen molar-refractivity contribution in [3.05, 3.63) is 52.6 Å². The van der Waals surface area contributed by atoms with Gasteiger partial charge >= 0.3 is 5.97 Å². The lowest BCUT2D eigenvalue weighted by molar-refractivity contribution is -0.144. The van der Waals surface area contributed by atoms with E-state index >= 15 is 0 Å². The summed E-state index contributed by atoms with van der Waals surface area (Å²) < 4.78 is 5.80. The predicted molar refractivity (Wildman–Crippen MR) is 97.0 cm³/mol. The van der Waals surface area contributed by atoms with Crippen molar-refractivity contribution in [2.75, 3.05) is 0 Å². The van der Waals surface area contributed by atoms with Crippen LogP contribution in [0.3, 0.4) is 0 Å². The second kappa shape index (κ2) is 7.06. The largest absolute Gasteiger partial charge is 0.459 e. The van der Waals surface area contributed by atoms with E-state index in [4.69, 9.17) is 4.74 Å². The maximum absolute atomic E-state index is 13.1. The van der Waals surface area contributed by atoms with Crippen molar-refractivity contribution in [1.29, 1.82) is 0 Å². The number of dihydropyridines is 1. The molecule has 1 N–H and O–H groups in total. The molecular weight excluding hydrogens is 328 g/mol. The summed E-state index contributed by atoms with van der Waals surface area (Å²) in [6.07, 6.45) is 9.71. The number of hydrogen-bond donors (Lipinski definition) is 1. The molecule has 5 heteroatoms. The van der Waals surface area contributed by atoms with E-state index in [1.54, 1.807) is 12.4 Å². The normalized spacial score (nSPS) is 23.7. The van der Waals surface area contributed by atoms with Crippen LogP contribution in [-0.2, 0) is 14.3 Å². The Morgan fingerprint density at radius 1 is 1.15 bits per heavy atom. The quantitative estimate of drug-likeness (QED) is 0.843. The molecule has 136 valence electrons. The molecule has 0 aromatic carbocycles. The third-order valence-corrected chi connectivity index (χ3v) is 5.61. The highest BCUT2D eigenvalue weighted by Gasteiger charge is 2.39. The first-order valence-electron chi connectivity index (χ1n) is 9.50. The highest BCUT2D eigenvalue weighted by atomic mass is 16.5. The highest BCUT2D eigenvalue weighted by molar-refractivity contribution is 6.03. The van der Waals surface area contributed by atoms with Crippen molar-refractivity contribution in [1.82, 2.24) is 10.3 Å². The van der Waals surface area contributed by atoms with Crippen molar-refractivity contribution in [2.24, 2.45) is 0 Å². The molecule has 1 aromatic rings. The molecule has 0 amide bonds. The number of pyridine rings is 1. The van der Waals surface area contributed by atoms with Gasteiger partial charge in [-0.3, -0.25) is 9.78 Å². The number of nitrogens with zero attached hydrogens (tertiary/aromatic N) is 1. The van der Waals surface area contributed by atoms with Crippen LogP contribution >= 0.6 is 0 Å². The molecule has 0 radical (unpaired) electrons. The first kappa shape index (κ1) is 17.0. The van der Waals surface area contributed by atoms with Crippen LogP contribution in [0.4, 0.5) is 0 Å². The molecule has 1 fully saturated rings. The molecule has 1 aliphatic heterocycles. The fourth-order valence-corrected chi connectivity index (χ4v) is 4.36. The fraction of sp³-hybridized carbons (Fsp3) is 0.476. The van der Waals surface area contributed by atoms with Gasteiger partial charge in [0.05, 0.1) is 5.57 Å². The van der Waals surface area contributed by atoms with Crippen molar-refractivity contribution in [2.45, 2.75) is 63.9 Å². The average Bonchev–Trinajstić information content (AvgIpc) is 3.14. The Hall–Kier alpha value is -2.43. The number of esters is 1. The lowest BCUT2D eigenvalue weighted by Gasteiger charge is -2.34. The summed E-state index contributed by atoms with van der Waals surface area (Å²) in [6, 6.07) is 3.78. The van der Waals surface area contributed by atoms with Gasteiger partial charge in [0, 0.05) is 41.7 Å². The molecule has 5 nitrogen and oxygen atoms in total. The number of ketones is 1. The van der Waals surface area contributed by atoms with E-state index in [0.29, 0.717) is 12.0 Å². The van der Waals surface area contributed by atoms with Crippen molar-refractivity contribution >= 4 is 11.8 Å². The molecular formula is C21H24N2O3. The van der Waals surface area contributed by atoms with Crippen LogP contribution in [0.5, 0.6) is 0 Å². The lowest BCUT2D eigenvalue weighted by atomic mass is 9.75. The predicted octanol–water partition coefficient (Wildman–Crippen LogP) is 3.54. The molecule has 3 aliphatic rings. The van der Waals surface area contributed by atoms with E-state index in [-0.39, 0.29) is 23.8 Å². The van der Waals surface area contributed by atoms with Gasteiger partial charge in [0.1, 0.15) is 6.10 Å². The van der Waals surface area contributed by atoms with Crippen molar-refractivity contribution in [3.8, 4) is 0 Å². The topological polar surface area (TPSA) is 68.3 Å². The number of allylic oxidation sites excluding steroid dienone is 3. The third kappa shape index (κ3) is 3.06. The minimum atomic E-state index is -0.365. The fourth-order valence-electron chi connectivity index (χ4n) is 4.36. The molecule has 0 saturated heterocycles. The summed E-state index contributed by atoms with van der Waals surface area (Å²) >= 11 is 0. The number of carbonyl (C=O) groups excluding carboxylic acids is 2. The average molecular weight is 352 g/mol. The maximum Gasteiger partial charge on any atom is 0.337 e. The van der Waals surface area contributed by atoms with Gasteiger partial charge in [-0.25, -0.2) is 4.79 Å². The molecule has 1 aromatic heterocycles. The molecule has 0 spiro atoms. The number of carbonyl (C=O) groups is 2. The van der Waals surface area contributed by atoms with Gasteiger partial charge in [-0.2, -0.15) is 0 Å². The van der Waals surface area contributed by atoms with Gasteiger partial charge in [0.25, 0.3) is 0 Å². The smallest absolute Gasteiger partial charge is 0.337 e. The van der Waals surface area contributed by atoms with Crippen LogP contribution in [0.2, 0.25) is 0 Å². The summed E-state index contributed by atoms with van der Waals surface area (Å²) in [5, 5.41) is 3.33. The summed E-state index contributed by atoms with van der Waals surface area (Å²) in [5.41, 5.74) is 3.96. The molecule has 0 bridgehead atoms. The lowest BCUT2D eigenvalue weighted by Crippen LogP contribution is -2.35. The van der Waals surface area contributed by atoms with Gasteiger partial charge in [0.2, 0.25) is 0 Å². The van der Waals surface area contributed by atoms with Crippen LogP contribution in [0.1, 0.15) is 63.4 Å². The van der Waals surface area contributed by atoms with Gasteiger partial charge in [0.15, 0.2) is 5.78 Å². The molecule has 2 heterocycles. The van der Waals surface area contributed by atoms with E-state index in [1.807, 2.05) is 19.1 Å². The zero-order chi connectivity index (χ0) is 18.1. The first-order valence-corrected chi connectivity index (χ1v) is 9.50. The van der Waals surface area contributed by atoms with E-state index in [1.165, 1.54) is 0 Å². The van der Waals surface area contributed by atoms with E-state index < -0.39 is 0 Å². The minimum absolute atomic E-state index is 0.00155. The second-order valence-corrected chi connectivity index (χ2v) is 7.36. The molecule has 1 saturated carbocycles. The monoisotopic (exact) mass is 352 g/mol. The van der Waals surface area contributed by atoms with E-state index in [0.717, 1.165) is 61.1 Å².